The van der Waals surface area contributed by atoms with Gasteiger partial charge in [0.15, 0.2) is 0 Å². The zero-order valence-electron chi connectivity index (χ0n) is 13.8. The van der Waals surface area contributed by atoms with Gasteiger partial charge in [-0.2, -0.15) is 0 Å². The first kappa shape index (κ1) is 17.2. The molecular weight excluding hydrogens is 294 g/mol. The van der Waals surface area contributed by atoms with Gasteiger partial charge in [-0.05, 0) is 32.4 Å². The second-order valence-electron chi connectivity index (χ2n) is 5.37. The second kappa shape index (κ2) is 7.92. The van der Waals surface area contributed by atoms with E-state index < -0.39 is 11.9 Å². The van der Waals surface area contributed by atoms with Crippen LogP contribution in [0.15, 0.2) is 42.0 Å². The Bertz CT molecular complexity index is 562. The van der Waals surface area contributed by atoms with E-state index in [0.29, 0.717) is 0 Å². The van der Waals surface area contributed by atoms with E-state index in [4.69, 9.17) is 9.47 Å². The van der Waals surface area contributed by atoms with Crippen molar-refractivity contribution in [2.45, 2.75) is 32.9 Å². The van der Waals surface area contributed by atoms with E-state index in [2.05, 4.69) is 24.0 Å². The number of rotatable bonds is 7. The first-order chi connectivity index (χ1) is 11.1. The van der Waals surface area contributed by atoms with Crippen LogP contribution in [0.5, 0.6) is 0 Å². The molecule has 0 radical (unpaired) electrons. The van der Waals surface area contributed by atoms with Crippen molar-refractivity contribution in [3.63, 3.8) is 0 Å². The number of hydrogen-bond donors (Lipinski definition) is 0. The van der Waals surface area contributed by atoms with Gasteiger partial charge in [0, 0.05) is 18.6 Å². The summed E-state index contributed by atoms with van der Waals surface area (Å²) in [4.78, 5) is 26.1. The van der Waals surface area contributed by atoms with E-state index in [9.17, 15) is 9.59 Å². The summed E-state index contributed by atoms with van der Waals surface area (Å²) in [5.41, 5.74) is 1.19. The van der Waals surface area contributed by atoms with Crippen LogP contribution in [0.3, 0.4) is 0 Å². The highest BCUT2D eigenvalue weighted by atomic mass is 16.6. The summed E-state index contributed by atoms with van der Waals surface area (Å²) in [7, 11) is 0. The Morgan fingerprint density at radius 3 is 2.26 bits per heavy atom. The Kier molecular flexibility index (Phi) is 5.93. The second-order valence-corrected chi connectivity index (χ2v) is 5.37. The van der Waals surface area contributed by atoms with Gasteiger partial charge in [0.25, 0.3) is 0 Å². The third-order valence-electron chi connectivity index (χ3n) is 3.82. The lowest BCUT2D eigenvalue weighted by atomic mass is 10.1. The molecule has 23 heavy (non-hydrogen) atoms. The normalized spacial score (nSPS) is 20.3. The van der Waals surface area contributed by atoms with Crippen LogP contribution in [0.4, 0.5) is 0 Å². The van der Waals surface area contributed by atoms with E-state index in [1.165, 1.54) is 5.56 Å². The standard InChI is InChI=1S/C18H23NO4/c1-4-22-17(20)16(18(21)23-5-2)11-15-12-19(15)13(3)14-9-7-6-8-10-14/h6-11,13,15H,4-5,12H2,1-3H3/t13-,15?,19?/m1/s1. The lowest BCUT2D eigenvalue weighted by molar-refractivity contribution is -0.146. The summed E-state index contributed by atoms with van der Waals surface area (Å²) in [5.74, 6) is -1.24. The molecule has 1 saturated heterocycles. The fourth-order valence-corrected chi connectivity index (χ4v) is 2.52. The van der Waals surface area contributed by atoms with Crippen LogP contribution >= 0.6 is 0 Å². The highest BCUT2D eigenvalue weighted by Crippen LogP contribution is 2.33. The minimum atomic E-state index is -0.620. The fraction of sp³-hybridized carbons (Fsp3) is 0.444. The predicted molar refractivity (Wildman–Crippen MR) is 86.7 cm³/mol. The first-order valence-electron chi connectivity index (χ1n) is 7.95. The Morgan fingerprint density at radius 2 is 1.74 bits per heavy atom. The molecule has 0 N–H and O–H groups in total. The van der Waals surface area contributed by atoms with Crippen molar-refractivity contribution in [1.82, 2.24) is 4.90 Å². The lowest BCUT2D eigenvalue weighted by Crippen LogP contribution is -2.19. The Morgan fingerprint density at radius 1 is 1.17 bits per heavy atom. The van der Waals surface area contributed by atoms with Crippen LogP contribution in [0.25, 0.3) is 0 Å². The van der Waals surface area contributed by atoms with Crippen LogP contribution < -0.4 is 0 Å². The van der Waals surface area contributed by atoms with Gasteiger partial charge in [-0.25, -0.2) is 9.59 Å². The summed E-state index contributed by atoms with van der Waals surface area (Å²) < 4.78 is 9.91. The molecule has 124 valence electrons. The number of benzene rings is 1. The van der Waals surface area contributed by atoms with Crippen molar-refractivity contribution >= 4 is 11.9 Å². The summed E-state index contributed by atoms with van der Waals surface area (Å²) in [6.45, 7) is 6.79. The average Bonchev–Trinajstić information content (AvgIpc) is 3.32. The van der Waals surface area contributed by atoms with Crippen LogP contribution in [0.1, 0.15) is 32.4 Å². The predicted octanol–water partition coefficient (Wildman–Crippen LogP) is 2.48. The smallest absolute Gasteiger partial charge is 0.345 e. The Labute approximate surface area is 136 Å². The van der Waals surface area contributed by atoms with Crippen molar-refractivity contribution in [3.8, 4) is 0 Å². The fourth-order valence-electron chi connectivity index (χ4n) is 2.52. The van der Waals surface area contributed by atoms with E-state index in [1.807, 2.05) is 18.2 Å². The molecule has 2 unspecified atom stereocenters. The monoisotopic (exact) mass is 317 g/mol. The third kappa shape index (κ3) is 4.42. The van der Waals surface area contributed by atoms with E-state index in [0.717, 1.165) is 6.54 Å². The number of hydrogen-bond acceptors (Lipinski definition) is 5. The molecule has 0 amide bonds. The number of carbonyl (C=O) groups is 2. The molecule has 1 heterocycles. The first-order valence-corrected chi connectivity index (χ1v) is 7.95. The Hall–Kier alpha value is -2.14. The number of esters is 2. The highest BCUT2D eigenvalue weighted by molar-refractivity contribution is 6.14. The van der Waals surface area contributed by atoms with Crippen LogP contribution in [-0.2, 0) is 19.1 Å². The van der Waals surface area contributed by atoms with E-state index >= 15 is 0 Å². The van der Waals surface area contributed by atoms with Gasteiger partial charge in [0.1, 0.15) is 5.57 Å². The summed E-state index contributed by atoms with van der Waals surface area (Å²) in [5, 5.41) is 0. The molecule has 5 nitrogen and oxygen atoms in total. The molecular formula is C18H23NO4. The molecule has 0 aliphatic carbocycles. The van der Waals surface area contributed by atoms with Gasteiger partial charge in [-0.1, -0.05) is 30.3 Å². The number of nitrogens with zero attached hydrogens (tertiary/aromatic N) is 1. The van der Waals surface area contributed by atoms with Gasteiger partial charge in [0.05, 0.1) is 13.2 Å². The Balaban J connectivity index is 2.08. The summed E-state index contributed by atoms with van der Waals surface area (Å²) >= 11 is 0. The van der Waals surface area contributed by atoms with Crippen molar-refractivity contribution in [2.24, 2.45) is 0 Å². The molecule has 1 aromatic rings. The zero-order valence-corrected chi connectivity index (χ0v) is 13.8. The minimum absolute atomic E-state index is 0.0125. The summed E-state index contributed by atoms with van der Waals surface area (Å²) in [6, 6.07) is 10.4. The van der Waals surface area contributed by atoms with Crippen molar-refractivity contribution in [2.75, 3.05) is 19.8 Å². The number of carbonyl (C=O) groups excluding carboxylic acids is 2. The maximum absolute atomic E-state index is 12.0. The maximum atomic E-state index is 12.0. The molecule has 1 aliphatic heterocycles. The molecule has 3 atom stereocenters. The average molecular weight is 317 g/mol. The van der Waals surface area contributed by atoms with Gasteiger partial charge in [-0.3, -0.25) is 4.90 Å². The topological polar surface area (TPSA) is 55.6 Å². The molecule has 0 bridgehead atoms. The lowest BCUT2D eigenvalue weighted by Gasteiger charge is -2.13. The SMILES string of the molecule is CCOC(=O)C(=CC1CN1[C@H](C)c1ccccc1)C(=O)OCC. The third-order valence-corrected chi connectivity index (χ3v) is 3.82. The zero-order chi connectivity index (χ0) is 16.8. The van der Waals surface area contributed by atoms with Gasteiger partial charge in [0.2, 0.25) is 0 Å². The largest absolute Gasteiger partial charge is 0.462 e. The van der Waals surface area contributed by atoms with Gasteiger partial charge < -0.3 is 9.47 Å². The summed E-state index contributed by atoms with van der Waals surface area (Å²) in [6.07, 6.45) is 1.66. The van der Waals surface area contributed by atoms with Gasteiger partial charge in [-0.15, -0.1) is 0 Å². The number of ether oxygens (including phenoxy) is 2. The van der Waals surface area contributed by atoms with E-state index in [-0.39, 0.29) is 30.9 Å². The molecule has 0 saturated carbocycles. The molecule has 0 aromatic heterocycles. The maximum Gasteiger partial charge on any atom is 0.345 e. The molecule has 1 fully saturated rings. The van der Waals surface area contributed by atoms with Crippen LogP contribution in [-0.4, -0.2) is 42.6 Å². The molecule has 2 rings (SSSR count). The van der Waals surface area contributed by atoms with Crippen LogP contribution in [0.2, 0.25) is 0 Å². The highest BCUT2D eigenvalue weighted by Gasteiger charge is 2.38. The van der Waals surface area contributed by atoms with Crippen LogP contribution in [0, 0.1) is 0 Å². The quantitative estimate of drug-likeness (QED) is 0.254. The molecule has 0 spiro atoms. The van der Waals surface area contributed by atoms with Gasteiger partial charge >= 0.3 is 11.9 Å². The molecule has 1 aliphatic rings. The molecule has 1 aromatic carbocycles. The van der Waals surface area contributed by atoms with Crippen molar-refractivity contribution in [1.29, 1.82) is 0 Å². The van der Waals surface area contributed by atoms with E-state index in [1.54, 1.807) is 19.9 Å². The van der Waals surface area contributed by atoms with Crippen molar-refractivity contribution < 1.29 is 19.1 Å². The minimum Gasteiger partial charge on any atom is -0.462 e. The van der Waals surface area contributed by atoms with Crippen molar-refractivity contribution in [3.05, 3.63) is 47.5 Å². The molecule has 5 heteroatoms.